The van der Waals surface area contributed by atoms with Gasteiger partial charge in [-0.3, -0.25) is 9.69 Å². The number of carbonyl (C=O) groups excluding carboxylic acids is 1. The zero-order valence-corrected chi connectivity index (χ0v) is 20.3. The number of carbonyl (C=O) groups is 2. The summed E-state index contributed by atoms with van der Waals surface area (Å²) in [5.74, 6) is -0.771. The number of hydrogen-bond donors (Lipinski definition) is 1. The number of methoxy groups -OCH3 is 1. The van der Waals surface area contributed by atoms with Gasteiger partial charge in [-0.05, 0) is 50.3 Å². The normalized spacial score (nSPS) is 16.5. The Morgan fingerprint density at radius 1 is 1.15 bits per heavy atom. The van der Waals surface area contributed by atoms with Crippen molar-refractivity contribution < 1.29 is 19.4 Å². The van der Waals surface area contributed by atoms with E-state index in [1.165, 1.54) is 7.11 Å². The highest BCUT2D eigenvalue weighted by atomic mass is 16.5. The molecular weight excluding hydrogens is 430 g/mol. The lowest BCUT2D eigenvalue weighted by atomic mass is 9.95. The highest BCUT2D eigenvalue weighted by molar-refractivity contribution is 5.95. The van der Waals surface area contributed by atoms with Gasteiger partial charge >= 0.3 is 12.1 Å². The Morgan fingerprint density at radius 3 is 2.47 bits per heavy atom. The predicted molar refractivity (Wildman–Crippen MR) is 133 cm³/mol. The standard InChI is InChI=1S/C27H33N3O4/c1-5-19(6-2)30-23-15-14-22-20(13-12-17(3)29(22)27(33)34-4)25(23)28-24(30)16-21(26(31)32)18-10-8-7-9-11-18/h7-11,14-15,17,19,21H,5-6,12-13,16H2,1-4H3,(H,31,32)/t17-,21-/m0/s1. The molecule has 1 aliphatic heterocycles. The molecule has 4 rings (SSSR count). The Bertz CT molecular complexity index is 1180. The molecule has 2 aromatic carbocycles. The molecule has 0 saturated heterocycles. The molecule has 0 aliphatic carbocycles. The fraction of sp³-hybridized carbons (Fsp3) is 0.444. The maximum Gasteiger partial charge on any atom is 0.414 e. The average Bonchev–Trinajstić information content (AvgIpc) is 3.21. The van der Waals surface area contributed by atoms with E-state index in [1.54, 1.807) is 4.90 Å². The van der Waals surface area contributed by atoms with Gasteiger partial charge in [-0.25, -0.2) is 9.78 Å². The minimum Gasteiger partial charge on any atom is -0.481 e. The number of fused-ring (bicyclic) bond motifs is 3. The van der Waals surface area contributed by atoms with Gasteiger partial charge in [0.15, 0.2) is 0 Å². The van der Waals surface area contributed by atoms with Crippen LogP contribution in [0.15, 0.2) is 42.5 Å². The lowest BCUT2D eigenvalue weighted by Gasteiger charge is -2.34. The average molecular weight is 464 g/mol. The van der Waals surface area contributed by atoms with Crippen molar-refractivity contribution >= 4 is 28.8 Å². The van der Waals surface area contributed by atoms with Gasteiger partial charge in [-0.15, -0.1) is 0 Å². The number of amides is 1. The predicted octanol–water partition coefficient (Wildman–Crippen LogP) is 5.72. The molecule has 7 nitrogen and oxygen atoms in total. The van der Waals surface area contributed by atoms with E-state index in [9.17, 15) is 14.7 Å². The summed E-state index contributed by atoms with van der Waals surface area (Å²) in [6, 6.07) is 13.6. The van der Waals surface area contributed by atoms with Crippen molar-refractivity contribution in [2.75, 3.05) is 12.0 Å². The van der Waals surface area contributed by atoms with Crippen molar-refractivity contribution in [2.45, 2.75) is 70.9 Å². The molecule has 2 heterocycles. The van der Waals surface area contributed by atoms with Crippen LogP contribution in [-0.4, -0.2) is 39.9 Å². The molecule has 2 atom stereocenters. The first-order valence-electron chi connectivity index (χ1n) is 12.1. The number of aryl methyl sites for hydroxylation is 1. The highest BCUT2D eigenvalue weighted by Crippen LogP contribution is 2.38. The largest absolute Gasteiger partial charge is 0.481 e. The third kappa shape index (κ3) is 4.15. The molecule has 0 fully saturated rings. The molecule has 0 saturated carbocycles. The lowest BCUT2D eigenvalue weighted by molar-refractivity contribution is -0.138. The smallest absolute Gasteiger partial charge is 0.414 e. The van der Waals surface area contributed by atoms with E-state index in [0.717, 1.165) is 59.4 Å². The number of hydrogen-bond acceptors (Lipinski definition) is 4. The van der Waals surface area contributed by atoms with Crippen LogP contribution in [-0.2, 0) is 22.4 Å². The number of nitrogens with zero attached hydrogens (tertiary/aromatic N) is 3. The van der Waals surface area contributed by atoms with Crippen molar-refractivity contribution in [2.24, 2.45) is 0 Å². The van der Waals surface area contributed by atoms with Gasteiger partial charge in [0, 0.05) is 24.1 Å². The van der Waals surface area contributed by atoms with Gasteiger partial charge in [0.25, 0.3) is 0 Å². The Hall–Kier alpha value is -3.35. The van der Waals surface area contributed by atoms with Crippen molar-refractivity contribution in [1.29, 1.82) is 0 Å². The van der Waals surface area contributed by atoms with Crippen LogP contribution in [0.1, 0.15) is 68.9 Å². The van der Waals surface area contributed by atoms with Gasteiger partial charge in [-0.2, -0.15) is 0 Å². The topological polar surface area (TPSA) is 84.7 Å². The van der Waals surface area contributed by atoms with Gasteiger partial charge in [0.1, 0.15) is 5.82 Å². The minimum atomic E-state index is -0.859. The summed E-state index contributed by atoms with van der Waals surface area (Å²) in [5.41, 5.74) is 4.48. The number of ether oxygens (including phenoxy) is 1. The van der Waals surface area contributed by atoms with Crippen LogP contribution >= 0.6 is 0 Å². The number of carboxylic acids is 1. The van der Waals surface area contributed by atoms with Crippen LogP contribution in [0.4, 0.5) is 10.5 Å². The zero-order valence-electron chi connectivity index (χ0n) is 20.3. The van der Waals surface area contributed by atoms with E-state index >= 15 is 0 Å². The molecular formula is C27H33N3O4. The number of imidazole rings is 1. The van der Waals surface area contributed by atoms with E-state index in [0.29, 0.717) is 6.42 Å². The van der Waals surface area contributed by atoms with Gasteiger partial charge in [0.2, 0.25) is 0 Å². The molecule has 1 N–H and O–H groups in total. The van der Waals surface area contributed by atoms with Gasteiger partial charge < -0.3 is 14.4 Å². The van der Waals surface area contributed by atoms with Crippen LogP contribution in [0.25, 0.3) is 11.0 Å². The Morgan fingerprint density at radius 2 is 1.85 bits per heavy atom. The Labute approximate surface area is 200 Å². The molecule has 0 unspecified atom stereocenters. The summed E-state index contributed by atoms with van der Waals surface area (Å²) < 4.78 is 7.29. The molecule has 1 aliphatic rings. The summed E-state index contributed by atoms with van der Waals surface area (Å²) in [5, 5.41) is 10.1. The van der Waals surface area contributed by atoms with Crippen molar-refractivity contribution in [3.8, 4) is 0 Å². The summed E-state index contributed by atoms with van der Waals surface area (Å²) in [6.45, 7) is 6.32. The quantitative estimate of drug-likeness (QED) is 0.485. The van der Waals surface area contributed by atoms with Crippen LogP contribution < -0.4 is 4.90 Å². The number of benzene rings is 2. The van der Waals surface area contributed by atoms with Crippen LogP contribution in [0, 0.1) is 0 Å². The second-order valence-electron chi connectivity index (χ2n) is 9.03. The van der Waals surface area contributed by atoms with E-state index in [-0.39, 0.29) is 18.2 Å². The molecule has 34 heavy (non-hydrogen) atoms. The molecule has 7 heteroatoms. The van der Waals surface area contributed by atoms with Crippen LogP contribution in [0.5, 0.6) is 0 Å². The number of rotatable bonds is 7. The number of anilines is 1. The van der Waals surface area contributed by atoms with Crippen molar-refractivity contribution in [1.82, 2.24) is 9.55 Å². The van der Waals surface area contributed by atoms with Crippen LogP contribution in [0.2, 0.25) is 0 Å². The molecule has 3 aromatic rings. The highest BCUT2D eigenvalue weighted by Gasteiger charge is 2.32. The molecule has 180 valence electrons. The third-order valence-electron chi connectivity index (χ3n) is 7.09. The molecule has 1 aromatic heterocycles. The number of aliphatic carboxylic acids is 1. The molecule has 1 amide bonds. The fourth-order valence-corrected chi connectivity index (χ4v) is 5.24. The van der Waals surface area contributed by atoms with E-state index in [4.69, 9.17) is 9.72 Å². The van der Waals surface area contributed by atoms with E-state index < -0.39 is 11.9 Å². The zero-order chi connectivity index (χ0) is 24.4. The second-order valence-corrected chi connectivity index (χ2v) is 9.03. The second kappa shape index (κ2) is 9.87. The Balaban J connectivity index is 1.89. The fourth-order valence-electron chi connectivity index (χ4n) is 5.24. The first-order chi connectivity index (χ1) is 16.4. The number of carboxylic acid groups (broad SMARTS) is 1. The lowest BCUT2D eigenvalue weighted by Crippen LogP contribution is -2.42. The van der Waals surface area contributed by atoms with E-state index in [2.05, 4.69) is 18.4 Å². The maximum atomic E-state index is 12.5. The number of aromatic nitrogens is 2. The molecule has 0 spiro atoms. The SMILES string of the molecule is CCC(CC)n1c(C[C@H](C(=O)O)c2ccccc2)nc2c3c(ccc21)N(C(=O)OC)[C@@H](C)CC3. The van der Waals surface area contributed by atoms with Crippen molar-refractivity contribution in [3.63, 3.8) is 0 Å². The minimum absolute atomic E-state index is 0.0347. The monoisotopic (exact) mass is 463 g/mol. The van der Waals surface area contributed by atoms with Crippen molar-refractivity contribution in [3.05, 3.63) is 59.4 Å². The molecule has 0 radical (unpaired) electrons. The van der Waals surface area contributed by atoms with E-state index in [1.807, 2.05) is 49.4 Å². The van der Waals surface area contributed by atoms with Crippen LogP contribution in [0.3, 0.4) is 0 Å². The Kier molecular flexibility index (Phi) is 6.91. The summed E-state index contributed by atoms with van der Waals surface area (Å²) in [6.07, 6.45) is 3.39. The third-order valence-corrected chi connectivity index (χ3v) is 7.09. The van der Waals surface area contributed by atoms with Gasteiger partial charge in [-0.1, -0.05) is 44.2 Å². The summed E-state index contributed by atoms with van der Waals surface area (Å²) in [7, 11) is 1.40. The molecule has 0 bridgehead atoms. The van der Waals surface area contributed by atoms with Gasteiger partial charge in [0.05, 0.1) is 29.7 Å². The first kappa shape index (κ1) is 23.8. The maximum absolute atomic E-state index is 12.5. The summed E-state index contributed by atoms with van der Waals surface area (Å²) >= 11 is 0. The first-order valence-corrected chi connectivity index (χ1v) is 12.1. The summed E-state index contributed by atoms with van der Waals surface area (Å²) in [4.78, 5) is 31.6.